The summed E-state index contributed by atoms with van der Waals surface area (Å²) in [6, 6.07) is 5.02. The second-order valence-corrected chi connectivity index (χ2v) is 6.32. The Morgan fingerprint density at radius 3 is 2.91 bits per heavy atom. The van der Waals surface area contributed by atoms with Gasteiger partial charge in [-0.05, 0) is 18.2 Å². The number of halogens is 1. The van der Waals surface area contributed by atoms with Gasteiger partial charge in [0.1, 0.15) is 5.75 Å². The van der Waals surface area contributed by atoms with E-state index in [1.54, 1.807) is 29.1 Å². The molecular weight excluding hydrogens is 320 g/mol. The van der Waals surface area contributed by atoms with Crippen LogP contribution in [0.5, 0.6) is 5.75 Å². The van der Waals surface area contributed by atoms with E-state index in [-0.39, 0.29) is 17.0 Å². The monoisotopic (exact) mass is 336 g/mol. The molecule has 0 spiro atoms. The Balaban J connectivity index is 1.66. The Labute approximate surface area is 138 Å². The zero-order valence-electron chi connectivity index (χ0n) is 12.9. The van der Waals surface area contributed by atoms with Crippen molar-refractivity contribution in [2.45, 2.75) is 13.5 Å². The van der Waals surface area contributed by atoms with Crippen LogP contribution in [0.2, 0.25) is 5.02 Å². The second-order valence-electron chi connectivity index (χ2n) is 5.91. The van der Waals surface area contributed by atoms with Crippen LogP contribution in [-0.4, -0.2) is 41.2 Å². The van der Waals surface area contributed by atoms with Gasteiger partial charge < -0.3 is 14.8 Å². The van der Waals surface area contributed by atoms with E-state index in [9.17, 15) is 4.79 Å². The number of carbonyl (C=O) groups is 1. The fraction of sp³-hybridized carbons (Fsp3) is 0.400. The summed E-state index contributed by atoms with van der Waals surface area (Å²) >= 11 is 6.04. The lowest BCUT2D eigenvalue weighted by Gasteiger charge is -2.37. The van der Waals surface area contributed by atoms with Crippen molar-refractivity contribution in [3.63, 3.8) is 0 Å². The van der Waals surface area contributed by atoms with Crippen molar-refractivity contribution in [3.05, 3.63) is 35.1 Å². The molecule has 8 heteroatoms. The quantitative estimate of drug-likeness (QED) is 0.905. The predicted octanol–water partition coefficient (Wildman–Crippen LogP) is 2.23. The van der Waals surface area contributed by atoms with E-state index in [0.717, 1.165) is 0 Å². The molecule has 1 aromatic heterocycles. The summed E-state index contributed by atoms with van der Waals surface area (Å²) in [6.45, 7) is 4.16. The second kappa shape index (κ2) is 6.17. The minimum atomic E-state index is -0.340. The van der Waals surface area contributed by atoms with Gasteiger partial charge in [-0.1, -0.05) is 23.7 Å². The first kappa shape index (κ1) is 15.8. The molecule has 0 radical (unpaired) electrons. The van der Waals surface area contributed by atoms with Crippen LogP contribution in [0.1, 0.15) is 17.4 Å². The smallest absolute Gasteiger partial charge is 0.277 e. The summed E-state index contributed by atoms with van der Waals surface area (Å²) in [6.07, 6.45) is 1.63. The number of ether oxygens (including phenoxy) is 2. The lowest BCUT2D eigenvalue weighted by atomic mass is 9.89. The number of rotatable bonds is 5. The van der Waals surface area contributed by atoms with Crippen LogP contribution in [0.3, 0.4) is 0 Å². The van der Waals surface area contributed by atoms with Crippen LogP contribution in [0.15, 0.2) is 24.4 Å². The van der Waals surface area contributed by atoms with Crippen molar-refractivity contribution in [1.82, 2.24) is 15.0 Å². The molecule has 0 bridgehead atoms. The highest BCUT2D eigenvalue weighted by molar-refractivity contribution is 6.32. The first-order chi connectivity index (χ1) is 11.0. The largest absolute Gasteiger partial charge is 0.495 e. The third kappa shape index (κ3) is 3.46. The summed E-state index contributed by atoms with van der Waals surface area (Å²) in [4.78, 5) is 12.2. The minimum absolute atomic E-state index is 0.0605. The average molecular weight is 337 g/mol. The van der Waals surface area contributed by atoms with Gasteiger partial charge >= 0.3 is 0 Å². The molecule has 1 N–H and O–H groups in total. The maximum Gasteiger partial charge on any atom is 0.277 e. The van der Waals surface area contributed by atoms with Crippen molar-refractivity contribution in [2.24, 2.45) is 5.41 Å². The fourth-order valence-corrected chi connectivity index (χ4v) is 2.61. The zero-order valence-corrected chi connectivity index (χ0v) is 13.6. The highest BCUT2D eigenvalue weighted by Gasteiger charge is 2.34. The van der Waals surface area contributed by atoms with Crippen LogP contribution in [0.4, 0.5) is 5.69 Å². The molecule has 1 amide bonds. The maximum atomic E-state index is 12.2. The summed E-state index contributed by atoms with van der Waals surface area (Å²) in [5.41, 5.74) is 0.876. The number of aromatic nitrogens is 3. The Morgan fingerprint density at radius 2 is 2.30 bits per heavy atom. The van der Waals surface area contributed by atoms with Crippen molar-refractivity contribution in [1.29, 1.82) is 0 Å². The molecule has 0 saturated carbocycles. The number of nitrogens with zero attached hydrogens (tertiary/aromatic N) is 3. The summed E-state index contributed by atoms with van der Waals surface area (Å²) in [5, 5.41) is 11.1. The van der Waals surface area contributed by atoms with E-state index in [1.807, 2.05) is 0 Å². The van der Waals surface area contributed by atoms with Gasteiger partial charge in [-0.15, -0.1) is 5.10 Å². The molecule has 0 unspecified atom stereocenters. The average Bonchev–Trinajstić information content (AvgIpc) is 2.94. The van der Waals surface area contributed by atoms with E-state index in [2.05, 4.69) is 22.6 Å². The Hall–Kier alpha value is -2.12. The molecule has 1 fully saturated rings. The third-order valence-corrected chi connectivity index (χ3v) is 3.92. The van der Waals surface area contributed by atoms with Gasteiger partial charge in [-0.2, -0.15) is 0 Å². The number of benzene rings is 1. The van der Waals surface area contributed by atoms with E-state index in [0.29, 0.717) is 36.2 Å². The van der Waals surface area contributed by atoms with Crippen LogP contribution in [0, 0.1) is 5.41 Å². The fourth-order valence-electron chi connectivity index (χ4n) is 2.35. The van der Waals surface area contributed by atoms with Crippen LogP contribution in [0.25, 0.3) is 0 Å². The number of amides is 1. The van der Waals surface area contributed by atoms with Gasteiger partial charge in [0.2, 0.25) is 0 Å². The molecule has 1 aliphatic rings. The molecule has 7 nitrogen and oxygen atoms in total. The molecule has 2 aromatic rings. The van der Waals surface area contributed by atoms with Crippen molar-refractivity contribution in [3.8, 4) is 5.75 Å². The molecular formula is C15H17ClN4O3. The Morgan fingerprint density at radius 1 is 1.52 bits per heavy atom. The van der Waals surface area contributed by atoms with E-state index in [4.69, 9.17) is 21.1 Å². The predicted molar refractivity (Wildman–Crippen MR) is 84.9 cm³/mol. The molecule has 2 heterocycles. The van der Waals surface area contributed by atoms with E-state index < -0.39 is 0 Å². The molecule has 1 saturated heterocycles. The van der Waals surface area contributed by atoms with Crippen LogP contribution < -0.4 is 10.1 Å². The molecule has 122 valence electrons. The van der Waals surface area contributed by atoms with Gasteiger partial charge in [0.25, 0.3) is 5.91 Å². The Bertz CT molecular complexity index is 727. The topological polar surface area (TPSA) is 78.3 Å². The summed E-state index contributed by atoms with van der Waals surface area (Å²) in [5.74, 6) is 0.207. The van der Waals surface area contributed by atoms with Crippen molar-refractivity contribution in [2.75, 3.05) is 25.6 Å². The number of carbonyl (C=O) groups excluding carboxylic acids is 1. The Kier molecular flexibility index (Phi) is 4.23. The standard InChI is InChI=1S/C15H17ClN4O3/c1-15(8-23-9-15)7-20-6-12(18-19-20)14(21)17-10-3-4-13(22-2)11(16)5-10/h3-6H,7-9H2,1-2H3,(H,17,21). The van der Waals surface area contributed by atoms with E-state index >= 15 is 0 Å². The SMILES string of the molecule is COc1ccc(NC(=O)c2cn(CC3(C)COC3)nn2)cc1Cl. The summed E-state index contributed by atoms with van der Waals surface area (Å²) < 4.78 is 11.9. The van der Waals surface area contributed by atoms with Gasteiger partial charge in [0, 0.05) is 11.1 Å². The number of hydrogen-bond donors (Lipinski definition) is 1. The normalized spacial score (nSPS) is 15.8. The number of hydrogen-bond acceptors (Lipinski definition) is 5. The lowest BCUT2D eigenvalue weighted by Crippen LogP contribution is -2.43. The maximum absolute atomic E-state index is 12.2. The van der Waals surface area contributed by atoms with Crippen molar-refractivity contribution < 1.29 is 14.3 Å². The molecule has 0 aliphatic carbocycles. The highest BCUT2D eigenvalue weighted by atomic mass is 35.5. The molecule has 3 rings (SSSR count). The highest BCUT2D eigenvalue weighted by Crippen LogP contribution is 2.28. The number of anilines is 1. The summed E-state index contributed by atoms with van der Waals surface area (Å²) in [7, 11) is 1.53. The minimum Gasteiger partial charge on any atom is -0.495 e. The lowest BCUT2D eigenvalue weighted by molar-refractivity contribution is -0.111. The third-order valence-electron chi connectivity index (χ3n) is 3.63. The first-order valence-electron chi connectivity index (χ1n) is 7.12. The number of nitrogens with one attached hydrogen (secondary N) is 1. The van der Waals surface area contributed by atoms with Crippen LogP contribution in [-0.2, 0) is 11.3 Å². The molecule has 1 aromatic carbocycles. The van der Waals surface area contributed by atoms with Crippen LogP contribution >= 0.6 is 11.6 Å². The van der Waals surface area contributed by atoms with E-state index in [1.165, 1.54) is 7.11 Å². The molecule has 23 heavy (non-hydrogen) atoms. The van der Waals surface area contributed by atoms with Crippen molar-refractivity contribution >= 4 is 23.2 Å². The molecule has 1 aliphatic heterocycles. The van der Waals surface area contributed by atoms with Gasteiger partial charge in [-0.3, -0.25) is 9.48 Å². The first-order valence-corrected chi connectivity index (χ1v) is 7.50. The number of methoxy groups -OCH3 is 1. The van der Waals surface area contributed by atoms with Gasteiger partial charge in [0.05, 0.1) is 38.1 Å². The molecule has 0 atom stereocenters. The zero-order chi connectivity index (χ0) is 16.4. The van der Waals surface area contributed by atoms with Gasteiger partial charge in [-0.25, -0.2) is 0 Å². The van der Waals surface area contributed by atoms with Gasteiger partial charge in [0.15, 0.2) is 5.69 Å².